The Hall–Kier alpha value is -1.86. The molecule has 0 spiro atoms. The Labute approximate surface area is 106 Å². The molecule has 18 heavy (non-hydrogen) atoms. The van der Waals surface area contributed by atoms with Crippen LogP contribution in [0, 0.1) is 0 Å². The first-order valence-corrected chi connectivity index (χ1v) is 6.86. The van der Waals surface area contributed by atoms with E-state index in [1.807, 2.05) is 0 Å². The van der Waals surface area contributed by atoms with Crippen LogP contribution >= 0.6 is 0 Å². The van der Waals surface area contributed by atoms with E-state index in [1.165, 1.54) is 0 Å². The van der Waals surface area contributed by atoms with Crippen LogP contribution < -0.4 is 10.0 Å². The monoisotopic (exact) mass is 266 g/mol. The van der Waals surface area contributed by atoms with Gasteiger partial charge >= 0.3 is 0 Å². The van der Waals surface area contributed by atoms with Gasteiger partial charge in [-0.3, -0.25) is 0 Å². The van der Waals surface area contributed by atoms with E-state index in [1.54, 1.807) is 43.7 Å². The normalized spacial score (nSPS) is 11.4. The van der Waals surface area contributed by atoms with E-state index in [4.69, 9.17) is 0 Å². The maximum atomic E-state index is 12.0. The number of sulfonamides is 1. The Kier molecular flexibility index (Phi) is 3.63. The van der Waals surface area contributed by atoms with Crippen molar-refractivity contribution in [2.24, 2.45) is 0 Å². The van der Waals surface area contributed by atoms with Crippen molar-refractivity contribution in [2.75, 3.05) is 12.4 Å². The van der Waals surface area contributed by atoms with Crippen molar-refractivity contribution in [1.82, 2.24) is 14.7 Å². The van der Waals surface area contributed by atoms with E-state index in [0.717, 1.165) is 5.69 Å². The highest BCUT2D eigenvalue weighted by atomic mass is 32.2. The molecule has 0 atom stereocenters. The molecule has 2 rings (SSSR count). The Bertz CT molecular complexity index is 590. The fourth-order valence-corrected chi connectivity index (χ4v) is 2.43. The zero-order valence-corrected chi connectivity index (χ0v) is 10.7. The van der Waals surface area contributed by atoms with Crippen molar-refractivity contribution in [3.8, 4) is 0 Å². The van der Waals surface area contributed by atoms with Gasteiger partial charge in [0.2, 0.25) is 10.0 Å². The van der Waals surface area contributed by atoms with Gasteiger partial charge in [-0.2, -0.15) is 0 Å². The van der Waals surface area contributed by atoms with Gasteiger partial charge in [0.25, 0.3) is 0 Å². The average molecular weight is 266 g/mol. The molecule has 0 aliphatic heterocycles. The largest absolute Gasteiger partial charge is 0.388 e. The summed E-state index contributed by atoms with van der Waals surface area (Å²) in [5.74, 6) is 0.574. The topological polar surface area (TPSA) is 86.9 Å². The van der Waals surface area contributed by atoms with Gasteiger partial charge in [0.05, 0.1) is 11.4 Å². The lowest BCUT2D eigenvalue weighted by Crippen LogP contribution is -2.23. The Morgan fingerprint density at radius 2 is 2.00 bits per heavy atom. The Morgan fingerprint density at radius 1 is 1.28 bits per heavy atom. The minimum atomic E-state index is -3.50. The van der Waals surface area contributed by atoms with Gasteiger partial charge in [-0.05, 0) is 24.3 Å². The Balaban J connectivity index is 2.09. The maximum Gasteiger partial charge on any atom is 0.240 e. The molecule has 0 aliphatic rings. The van der Waals surface area contributed by atoms with Crippen LogP contribution in [0.25, 0.3) is 0 Å². The molecular weight excluding hydrogens is 252 g/mol. The predicted molar refractivity (Wildman–Crippen MR) is 68.6 cm³/mol. The standard InChI is InChI=1S/C11H14N4O2S/c1-12-9-2-4-10(5-3-9)18(16,17)15-8-11-13-6-7-14-11/h2-7,12,15H,8H2,1H3,(H,13,14). The molecule has 0 saturated heterocycles. The number of imidazole rings is 1. The number of benzene rings is 1. The summed E-state index contributed by atoms with van der Waals surface area (Å²) in [5.41, 5.74) is 0.861. The number of anilines is 1. The molecule has 3 N–H and O–H groups in total. The van der Waals surface area contributed by atoms with Gasteiger partial charge in [-0.15, -0.1) is 0 Å². The zero-order chi connectivity index (χ0) is 13.0. The molecule has 1 heterocycles. The summed E-state index contributed by atoms with van der Waals surface area (Å²) in [6, 6.07) is 6.52. The molecule has 1 aromatic heterocycles. The third-order valence-electron chi connectivity index (χ3n) is 2.44. The summed E-state index contributed by atoms with van der Waals surface area (Å²) >= 11 is 0. The fourth-order valence-electron chi connectivity index (χ4n) is 1.44. The molecule has 96 valence electrons. The highest BCUT2D eigenvalue weighted by Crippen LogP contribution is 2.13. The van der Waals surface area contributed by atoms with Gasteiger partial charge in [-0.25, -0.2) is 18.1 Å². The van der Waals surface area contributed by atoms with Crippen LogP contribution in [0.3, 0.4) is 0 Å². The first-order valence-electron chi connectivity index (χ1n) is 5.37. The summed E-state index contributed by atoms with van der Waals surface area (Å²) in [6.07, 6.45) is 3.22. The van der Waals surface area contributed by atoms with E-state index in [9.17, 15) is 8.42 Å². The molecule has 0 amide bonds. The SMILES string of the molecule is CNc1ccc(S(=O)(=O)NCc2ncc[nH]2)cc1. The van der Waals surface area contributed by atoms with Crippen LogP contribution in [0.1, 0.15) is 5.82 Å². The lowest BCUT2D eigenvalue weighted by Gasteiger charge is -2.06. The first-order chi connectivity index (χ1) is 8.62. The number of nitrogens with one attached hydrogen (secondary N) is 3. The van der Waals surface area contributed by atoms with Crippen LogP contribution in [-0.2, 0) is 16.6 Å². The summed E-state index contributed by atoms with van der Waals surface area (Å²) in [5, 5.41) is 2.93. The number of nitrogens with zero attached hydrogens (tertiary/aromatic N) is 1. The van der Waals surface area contributed by atoms with E-state index in [0.29, 0.717) is 5.82 Å². The second-order valence-corrected chi connectivity index (χ2v) is 5.40. The molecule has 6 nitrogen and oxygen atoms in total. The number of aromatic amines is 1. The van der Waals surface area contributed by atoms with Crippen molar-refractivity contribution in [3.05, 3.63) is 42.5 Å². The van der Waals surface area contributed by atoms with Crippen LogP contribution in [0.4, 0.5) is 5.69 Å². The molecule has 1 aromatic carbocycles. The smallest absolute Gasteiger partial charge is 0.240 e. The second kappa shape index (κ2) is 5.19. The van der Waals surface area contributed by atoms with E-state index in [-0.39, 0.29) is 11.4 Å². The molecular formula is C11H14N4O2S. The fraction of sp³-hybridized carbons (Fsp3) is 0.182. The van der Waals surface area contributed by atoms with E-state index >= 15 is 0 Å². The van der Waals surface area contributed by atoms with Crippen molar-refractivity contribution in [1.29, 1.82) is 0 Å². The lowest BCUT2D eigenvalue weighted by molar-refractivity contribution is 0.579. The number of rotatable bonds is 5. The van der Waals surface area contributed by atoms with Gasteiger partial charge in [-0.1, -0.05) is 0 Å². The summed E-state index contributed by atoms with van der Waals surface area (Å²) in [6.45, 7) is 0.142. The molecule has 0 bridgehead atoms. The molecule has 0 aliphatic carbocycles. The zero-order valence-electron chi connectivity index (χ0n) is 9.84. The maximum absolute atomic E-state index is 12.0. The molecule has 0 unspecified atom stereocenters. The van der Waals surface area contributed by atoms with Crippen LogP contribution in [-0.4, -0.2) is 25.4 Å². The molecule has 2 aromatic rings. The van der Waals surface area contributed by atoms with Gasteiger partial charge in [0.15, 0.2) is 0 Å². The minimum Gasteiger partial charge on any atom is -0.388 e. The van der Waals surface area contributed by atoms with Gasteiger partial charge in [0.1, 0.15) is 5.82 Å². The van der Waals surface area contributed by atoms with Gasteiger partial charge in [0, 0.05) is 25.1 Å². The number of aromatic nitrogens is 2. The van der Waals surface area contributed by atoms with Crippen molar-refractivity contribution in [3.63, 3.8) is 0 Å². The second-order valence-electron chi connectivity index (χ2n) is 3.63. The number of H-pyrrole nitrogens is 1. The molecule has 0 fully saturated rings. The van der Waals surface area contributed by atoms with Crippen LogP contribution in [0.15, 0.2) is 41.6 Å². The van der Waals surface area contributed by atoms with Gasteiger partial charge < -0.3 is 10.3 Å². The predicted octanol–water partition coefficient (Wildman–Crippen LogP) is 0.930. The molecule has 7 heteroatoms. The van der Waals surface area contributed by atoms with Crippen molar-refractivity contribution >= 4 is 15.7 Å². The third-order valence-corrected chi connectivity index (χ3v) is 3.85. The molecule has 0 radical (unpaired) electrons. The highest BCUT2D eigenvalue weighted by molar-refractivity contribution is 7.89. The van der Waals surface area contributed by atoms with E-state index in [2.05, 4.69) is 20.0 Å². The first kappa shape index (κ1) is 12.6. The minimum absolute atomic E-state index is 0.142. The van der Waals surface area contributed by atoms with Crippen molar-refractivity contribution < 1.29 is 8.42 Å². The quantitative estimate of drug-likeness (QED) is 0.751. The summed E-state index contributed by atoms with van der Waals surface area (Å²) < 4.78 is 26.4. The average Bonchev–Trinajstić information content (AvgIpc) is 2.90. The van der Waals surface area contributed by atoms with E-state index < -0.39 is 10.0 Å². The number of hydrogen-bond acceptors (Lipinski definition) is 4. The molecule has 0 saturated carbocycles. The third kappa shape index (κ3) is 2.88. The lowest BCUT2D eigenvalue weighted by atomic mass is 10.3. The van der Waals surface area contributed by atoms with Crippen LogP contribution in [0.2, 0.25) is 0 Å². The van der Waals surface area contributed by atoms with Crippen molar-refractivity contribution in [2.45, 2.75) is 11.4 Å². The van der Waals surface area contributed by atoms with Crippen LogP contribution in [0.5, 0.6) is 0 Å². The highest BCUT2D eigenvalue weighted by Gasteiger charge is 2.13. The number of hydrogen-bond donors (Lipinski definition) is 3. The summed E-state index contributed by atoms with van der Waals surface area (Å²) in [4.78, 5) is 7.01. The summed E-state index contributed by atoms with van der Waals surface area (Å²) in [7, 11) is -1.72. The Morgan fingerprint density at radius 3 is 2.56 bits per heavy atom.